The Kier molecular flexibility index (Phi) is 4.98. The van der Waals surface area contributed by atoms with Gasteiger partial charge in [-0.3, -0.25) is 4.79 Å². The fraction of sp³-hybridized carbons (Fsp3) is 0.0556. The minimum atomic E-state index is -4.66. The summed E-state index contributed by atoms with van der Waals surface area (Å²) in [4.78, 5) is 12.3. The molecule has 0 radical (unpaired) electrons. The van der Waals surface area contributed by atoms with Gasteiger partial charge in [-0.25, -0.2) is 0 Å². The van der Waals surface area contributed by atoms with Crippen molar-refractivity contribution in [2.24, 2.45) is 0 Å². The number of furan rings is 1. The summed E-state index contributed by atoms with van der Waals surface area (Å²) in [6, 6.07) is 12.7. The van der Waals surface area contributed by atoms with Crippen molar-refractivity contribution >= 4 is 34.8 Å². The summed E-state index contributed by atoms with van der Waals surface area (Å²) >= 11 is 11.4. The minimum Gasteiger partial charge on any atom is -0.451 e. The van der Waals surface area contributed by atoms with E-state index in [-0.39, 0.29) is 10.8 Å². The van der Waals surface area contributed by atoms with Gasteiger partial charge in [-0.1, -0.05) is 23.2 Å². The predicted molar refractivity (Wildman–Crippen MR) is 93.6 cm³/mol. The molecule has 0 atom stereocenters. The maximum absolute atomic E-state index is 13.1. The molecule has 0 saturated heterocycles. The summed E-state index contributed by atoms with van der Waals surface area (Å²) in [5, 5.41) is 2.66. The molecule has 1 N–H and O–H groups in total. The molecule has 134 valence electrons. The molecule has 0 unspecified atom stereocenters. The van der Waals surface area contributed by atoms with Crippen LogP contribution in [0, 0.1) is 0 Å². The van der Waals surface area contributed by atoms with Crippen molar-refractivity contribution in [1.29, 1.82) is 0 Å². The first-order valence-corrected chi connectivity index (χ1v) is 8.03. The molecule has 1 heterocycles. The van der Waals surface area contributed by atoms with E-state index in [0.717, 1.165) is 12.1 Å². The lowest BCUT2D eigenvalue weighted by Crippen LogP contribution is -2.16. The zero-order chi connectivity index (χ0) is 18.9. The lowest BCUT2D eigenvalue weighted by Gasteiger charge is -2.13. The van der Waals surface area contributed by atoms with Gasteiger partial charge in [-0.2, -0.15) is 13.2 Å². The van der Waals surface area contributed by atoms with Crippen LogP contribution in [-0.2, 0) is 6.18 Å². The van der Waals surface area contributed by atoms with Crippen LogP contribution in [0.1, 0.15) is 16.1 Å². The van der Waals surface area contributed by atoms with E-state index in [0.29, 0.717) is 16.3 Å². The zero-order valence-electron chi connectivity index (χ0n) is 12.9. The molecule has 3 rings (SSSR count). The van der Waals surface area contributed by atoms with Gasteiger partial charge in [-0.05, 0) is 54.6 Å². The second kappa shape index (κ2) is 7.05. The first-order chi connectivity index (χ1) is 12.2. The van der Waals surface area contributed by atoms with Gasteiger partial charge in [0.15, 0.2) is 5.76 Å². The SMILES string of the molecule is O=C(Nc1ccc(Cl)cc1C(F)(F)F)c1ccc(-c2ccc(Cl)cc2)o1. The molecule has 0 fully saturated rings. The number of rotatable bonds is 3. The highest BCUT2D eigenvalue weighted by Crippen LogP contribution is 2.36. The second-order valence-electron chi connectivity index (χ2n) is 5.31. The number of carbonyl (C=O) groups is 1. The molecule has 0 aliphatic heterocycles. The smallest absolute Gasteiger partial charge is 0.418 e. The Morgan fingerprint density at radius 1 is 0.923 bits per heavy atom. The van der Waals surface area contributed by atoms with Crippen LogP contribution in [0.3, 0.4) is 0 Å². The number of benzene rings is 2. The van der Waals surface area contributed by atoms with Crippen LogP contribution in [0.5, 0.6) is 0 Å². The highest BCUT2D eigenvalue weighted by molar-refractivity contribution is 6.31. The number of hydrogen-bond acceptors (Lipinski definition) is 2. The van der Waals surface area contributed by atoms with Crippen LogP contribution in [0.4, 0.5) is 18.9 Å². The highest BCUT2D eigenvalue weighted by Gasteiger charge is 2.34. The number of halogens is 5. The maximum atomic E-state index is 13.1. The molecule has 3 nitrogen and oxygen atoms in total. The van der Waals surface area contributed by atoms with E-state index < -0.39 is 23.3 Å². The molecular weight excluding hydrogens is 390 g/mol. The minimum absolute atomic E-state index is 0.0849. The predicted octanol–water partition coefficient (Wildman–Crippen LogP) is 6.52. The summed E-state index contributed by atoms with van der Waals surface area (Å²) < 4.78 is 44.7. The normalized spacial score (nSPS) is 11.4. The molecule has 2 aromatic carbocycles. The van der Waals surface area contributed by atoms with E-state index in [1.165, 1.54) is 12.1 Å². The largest absolute Gasteiger partial charge is 0.451 e. The highest BCUT2D eigenvalue weighted by atomic mass is 35.5. The van der Waals surface area contributed by atoms with Crippen LogP contribution in [0.15, 0.2) is 59.0 Å². The third-order valence-electron chi connectivity index (χ3n) is 3.49. The molecule has 0 bridgehead atoms. The lowest BCUT2D eigenvalue weighted by atomic mass is 10.1. The monoisotopic (exact) mass is 399 g/mol. The maximum Gasteiger partial charge on any atom is 0.418 e. The van der Waals surface area contributed by atoms with Crippen LogP contribution < -0.4 is 5.32 Å². The average Bonchev–Trinajstić information content (AvgIpc) is 3.06. The number of alkyl halides is 3. The topological polar surface area (TPSA) is 42.2 Å². The Morgan fingerprint density at radius 3 is 2.23 bits per heavy atom. The standard InChI is InChI=1S/C18H10Cl2F3NO2/c19-11-3-1-10(2-4-11)15-7-8-16(26-15)17(25)24-14-6-5-12(20)9-13(14)18(21,22)23/h1-9H,(H,24,25). The number of carbonyl (C=O) groups excluding carboxylic acids is 1. The van der Waals surface area contributed by atoms with Crippen LogP contribution >= 0.6 is 23.2 Å². The van der Waals surface area contributed by atoms with Crippen molar-refractivity contribution in [3.05, 3.63) is 76.0 Å². The third kappa shape index (κ3) is 4.03. The van der Waals surface area contributed by atoms with Gasteiger partial charge in [0, 0.05) is 15.6 Å². The second-order valence-corrected chi connectivity index (χ2v) is 6.19. The van der Waals surface area contributed by atoms with Crippen molar-refractivity contribution in [3.8, 4) is 11.3 Å². The Bertz CT molecular complexity index is 950. The third-order valence-corrected chi connectivity index (χ3v) is 3.98. The van der Waals surface area contributed by atoms with Crippen molar-refractivity contribution in [1.82, 2.24) is 0 Å². The molecule has 0 spiro atoms. The summed E-state index contributed by atoms with van der Waals surface area (Å²) in [6.07, 6.45) is -4.66. The average molecular weight is 400 g/mol. The molecule has 26 heavy (non-hydrogen) atoms. The zero-order valence-corrected chi connectivity index (χ0v) is 14.4. The summed E-state index contributed by atoms with van der Waals surface area (Å²) in [5.74, 6) is -0.546. The Labute approximate surface area is 156 Å². The summed E-state index contributed by atoms with van der Waals surface area (Å²) in [5.41, 5.74) is -0.768. The molecule has 1 amide bonds. The fourth-order valence-electron chi connectivity index (χ4n) is 2.27. The van der Waals surface area contributed by atoms with Crippen molar-refractivity contribution in [3.63, 3.8) is 0 Å². The van der Waals surface area contributed by atoms with Gasteiger partial charge in [-0.15, -0.1) is 0 Å². The van der Waals surface area contributed by atoms with E-state index in [9.17, 15) is 18.0 Å². The fourth-order valence-corrected chi connectivity index (χ4v) is 2.57. The first kappa shape index (κ1) is 18.4. The number of anilines is 1. The summed E-state index contributed by atoms with van der Waals surface area (Å²) in [6.45, 7) is 0. The van der Waals surface area contributed by atoms with Gasteiger partial charge in [0.05, 0.1) is 11.3 Å². The van der Waals surface area contributed by atoms with Crippen molar-refractivity contribution in [2.75, 3.05) is 5.32 Å². The van der Waals surface area contributed by atoms with E-state index in [1.54, 1.807) is 30.3 Å². The molecule has 0 aliphatic rings. The first-order valence-electron chi connectivity index (χ1n) is 7.28. The van der Waals surface area contributed by atoms with Crippen molar-refractivity contribution < 1.29 is 22.4 Å². The number of nitrogens with one attached hydrogen (secondary N) is 1. The van der Waals surface area contributed by atoms with Gasteiger partial charge >= 0.3 is 6.18 Å². The number of amides is 1. The molecule has 1 aromatic heterocycles. The quantitative estimate of drug-likeness (QED) is 0.544. The summed E-state index contributed by atoms with van der Waals surface area (Å²) in [7, 11) is 0. The van der Waals surface area contributed by atoms with Gasteiger partial charge in [0.25, 0.3) is 5.91 Å². The molecule has 0 saturated carbocycles. The van der Waals surface area contributed by atoms with Crippen molar-refractivity contribution in [2.45, 2.75) is 6.18 Å². The van der Waals surface area contributed by atoms with Gasteiger partial charge in [0.2, 0.25) is 0 Å². The van der Waals surface area contributed by atoms with Crippen LogP contribution in [0.2, 0.25) is 10.0 Å². The Balaban J connectivity index is 1.85. The van der Waals surface area contributed by atoms with Crippen LogP contribution in [0.25, 0.3) is 11.3 Å². The van der Waals surface area contributed by atoms with E-state index in [1.807, 2.05) is 0 Å². The van der Waals surface area contributed by atoms with Gasteiger partial charge < -0.3 is 9.73 Å². The van der Waals surface area contributed by atoms with E-state index >= 15 is 0 Å². The number of hydrogen-bond donors (Lipinski definition) is 1. The lowest BCUT2D eigenvalue weighted by molar-refractivity contribution is -0.136. The Morgan fingerprint density at radius 2 is 1.58 bits per heavy atom. The molecular formula is C18H10Cl2F3NO2. The molecule has 3 aromatic rings. The molecule has 0 aliphatic carbocycles. The van der Waals surface area contributed by atoms with E-state index in [2.05, 4.69) is 5.32 Å². The van der Waals surface area contributed by atoms with Crippen LogP contribution in [-0.4, -0.2) is 5.91 Å². The van der Waals surface area contributed by atoms with E-state index in [4.69, 9.17) is 27.6 Å². The molecule has 8 heteroatoms. The Hall–Kier alpha value is -2.44. The van der Waals surface area contributed by atoms with Gasteiger partial charge in [0.1, 0.15) is 5.76 Å².